The lowest BCUT2D eigenvalue weighted by Crippen LogP contribution is -2.46. The van der Waals surface area contributed by atoms with Gasteiger partial charge in [0.15, 0.2) is 17.7 Å². The predicted molar refractivity (Wildman–Crippen MR) is 200 cm³/mol. The molecule has 1 saturated heterocycles. The maximum absolute atomic E-state index is 12.7. The second kappa shape index (κ2) is 21.4. The van der Waals surface area contributed by atoms with Gasteiger partial charge in [0, 0.05) is 36.4 Å². The van der Waals surface area contributed by atoms with Crippen LogP contribution in [-0.2, 0) is 45.9 Å². The van der Waals surface area contributed by atoms with Crippen LogP contribution in [0.5, 0.6) is 0 Å². The highest BCUT2D eigenvalue weighted by atomic mass is 32.2. The summed E-state index contributed by atoms with van der Waals surface area (Å²) in [5, 5.41) is 26.6. The molecule has 2 aromatic rings. The molecule has 0 saturated carbocycles. The molecule has 2 unspecified atom stereocenters. The number of imidazole rings is 1. The highest BCUT2D eigenvalue weighted by Gasteiger charge is 2.50. The van der Waals surface area contributed by atoms with E-state index in [1.807, 2.05) is 6.08 Å². The molecule has 0 aromatic carbocycles. The number of rotatable bonds is 24. The quantitative estimate of drug-likeness (QED) is 0.0404. The number of allylic oxidation sites excluding steroid dienone is 3. The zero-order valence-electron chi connectivity index (χ0n) is 30.6. The summed E-state index contributed by atoms with van der Waals surface area (Å²) in [5.74, 6) is 0.187. The van der Waals surface area contributed by atoms with Gasteiger partial charge in [0.05, 0.1) is 19.5 Å². The van der Waals surface area contributed by atoms with Gasteiger partial charge in [0.25, 0.3) is 0 Å². The van der Waals surface area contributed by atoms with Gasteiger partial charge in [0.1, 0.15) is 36.3 Å². The number of fused-ring (bicyclic) bond motifs is 1. The number of aliphatic hydroxyl groups is 2. The second-order valence-electron chi connectivity index (χ2n) is 12.7. The van der Waals surface area contributed by atoms with Crippen LogP contribution in [0.3, 0.4) is 0 Å². The number of nitrogens with zero attached hydrogens (tertiary/aromatic N) is 4. The summed E-state index contributed by atoms with van der Waals surface area (Å²) in [5.41, 5.74) is 4.31. The van der Waals surface area contributed by atoms with Gasteiger partial charge < -0.3 is 50.9 Å². The number of hydrogen-bond acceptors (Lipinski definition) is 17. The molecule has 7 atom stereocenters. The molecule has 1 fully saturated rings. The van der Waals surface area contributed by atoms with Crippen molar-refractivity contribution in [2.75, 3.05) is 43.5 Å². The Bertz CT molecular complexity index is 1830. The molecule has 3 heterocycles. The van der Waals surface area contributed by atoms with Gasteiger partial charge in [-0.1, -0.05) is 45.1 Å². The van der Waals surface area contributed by atoms with Crippen molar-refractivity contribution in [3.63, 3.8) is 0 Å². The van der Waals surface area contributed by atoms with Crippen molar-refractivity contribution in [1.82, 2.24) is 30.2 Å². The Morgan fingerprint density at radius 2 is 1.75 bits per heavy atom. The molecule has 1 aliphatic heterocycles. The Morgan fingerprint density at radius 1 is 1.05 bits per heavy atom. The summed E-state index contributed by atoms with van der Waals surface area (Å²) >= 11 is 1.64. The van der Waals surface area contributed by atoms with Gasteiger partial charge in [0.2, 0.25) is 11.8 Å². The number of phosphoric acid groups is 3. The van der Waals surface area contributed by atoms with Crippen LogP contribution >= 0.6 is 35.2 Å². The first-order valence-corrected chi connectivity index (χ1v) is 22.6. The van der Waals surface area contributed by atoms with Crippen LogP contribution in [0.15, 0.2) is 37.0 Å². The van der Waals surface area contributed by atoms with Gasteiger partial charge in [-0.15, -0.1) is 0 Å². The van der Waals surface area contributed by atoms with Gasteiger partial charge in [-0.05, 0) is 12.8 Å². The Balaban J connectivity index is 1.46. The third-order valence-electron chi connectivity index (χ3n) is 7.70. The number of nitrogen functional groups attached to an aromatic ring is 1. The zero-order chi connectivity index (χ0) is 41.7. The van der Waals surface area contributed by atoms with E-state index in [1.165, 1.54) is 13.8 Å². The lowest BCUT2D eigenvalue weighted by molar-refractivity contribution is -0.137. The molecule has 0 spiro atoms. The molecular weight excluding hydrogens is 827 g/mol. The number of nitrogens with two attached hydrogens (primary N) is 1. The van der Waals surface area contributed by atoms with Gasteiger partial charge >= 0.3 is 23.5 Å². The summed E-state index contributed by atoms with van der Waals surface area (Å²) in [6, 6.07) is 0. The number of aliphatic hydroxyl groups excluding tert-OH is 2. The average molecular weight is 876 g/mol. The summed E-state index contributed by atoms with van der Waals surface area (Å²) in [6.07, 6.45) is 3.41. The van der Waals surface area contributed by atoms with E-state index in [4.69, 9.17) is 19.5 Å². The van der Waals surface area contributed by atoms with Gasteiger partial charge in [-0.2, -0.15) is 16.1 Å². The highest BCUT2D eigenvalue weighted by Crippen LogP contribution is 2.61. The number of carbonyl (C=O) groups excluding carboxylic acids is 2. The summed E-state index contributed by atoms with van der Waals surface area (Å²) < 4.78 is 62.2. The second-order valence-corrected chi connectivity index (χ2v) is 18.1. The topological polar surface area (TPSA) is 347 Å². The van der Waals surface area contributed by atoms with Crippen LogP contribution in [-0.4, -0.2) is 123 Å². The van der Waals surface area contributed by atoms with E-state index in [9.17, 15) is 53.1 Å². The van der Waals surface area contributed by atoms with E-state index < -0.39 is 78.6 Å². The van der Waals surface area contributed by atoms with Crippen molar-refractivity contribution in [3.05, 3.63) is 37.0 Å². The standard InChI is InChI=1S/C29H48N7O16P3S/c1-4-5-6-7-8-9-13-56-14-12-31-20(37)10-11-32-27(40)24(39)29(2,3)16-49-55(46,47)52-54(44,45)48-15-19-23(51-53(41,42)43)22(38)28(50-19)36-18-35-21-25(30)33-17-34-26(21)36/h5-6,8-9,17-19,22-24,28,38-39H,4,7,10-16H2,1-3H3,(H,31,37)(H,32,40)(H,44,45)(H,46,47)(H2,30,33,34)(H2,41,42,43)/b6-5-,9-8+/t19-,22-,23-,24+,28-/m1/s1. The van der Waals surface area contributed by atoms with Crippen molar-refractivity contribution < 1.29 is 75.7 Å². The molecular formula is C29H48N7O16P3S. The maximum Gasteiger partial charge on any atom is 0.481 e. The molecule has 0 bridgehead atoms. The summed E-state index contributed by atoms with van der Waals surface area (Å²) in [6.45, 7) is 2.93. The minimum atomic E-state index is -5.55. The molecule has 23 nitrogen and oxygen atoms in total. The zero-order valence-corrected chi connectivity index (χ0v) is 34.1. The van der Waals surface area contributed by atoms with E-state index in [0.29, 0.717) is 12.3 Å². The number of anilines is 1. The first-order valence-electron chi connectivity index (χ1n) is 16.9. The third-order valence-corrected chi connectivity index (χ3v) is 11.7. The molecule has 0 aliphatic carbocycles. The average Bonchev–Trinajstić information content (AvgIpc) is 3.67. The third kappa shape index (κ3) is 15.3. The first kappa shape index (κ1) is 47.7. The van der Waals surface area contributed by atoms with Crippen LogP contribution in [0.4, 0.5) is 5.82 Å². The van der Waals surface area contributed by atoms with E-state index in [1.54, 1.807) is 11.8 Å². The molecule has 0 radical (unpaired) electrons. The lowest BCUT2D eigenvalue weighted by Gasteiger charge is -2.30. The SMILES string of the molecule is CC/C=C\C/C=C/CSCCNC(=O)CCNC(=O)[C@H](O)C(C)(C)COP(=O)(O)OP(=O)(O)OC[C@H]1O[C@@H](n2cnc3c(N)ncnc32)[C@H](O)[C@@H]1OP(=O)(O)O. The van der Waals surface area contributed by atoms with Crippen molar-refractivity contribution in [1.29, 1.82) is 0 Å². The molecule has 27 heteroatoms. The Labute approximate surface area is 325 Å². The minimum absolute atomic E-state index is 0.0353. The van der Waals surface area contributed by atoms with Crippen LogP contribution in [0, 0.1) is 5.41 Å². The fraction of sp³-hybridized carbons (Fsp3) is 0.621. The van der Waals surface area contributed by atoms with Crippen molar-refractivity contribution in [2.24, 2.45) is 5.41 Å². The molecule has 56 heavy (non-hydrogen) atoms. The van der Waals surface area contributed by atoms with Crippen molar-refractivity contribution in [2.45, 2.75) is 70.7 Å². The van der Waals surface area contributed by atoms with Crippen molar-refractivity contribution in [3.8, 4) is 0 Å². The number of phosphoric ester groups is 3. The van der Waals surface area contributed by atoms with Crippen LogP contribution in [0.25, 0.3) is 11.2 Å². The van der Waals surface area contributed by atoms with Crippen LogP contribution in [0.2, 0.25) is 0 Å². The number of ether oxygens (including phenoxy) is 1. The largest absolute Gasteiger partial charge is 0.481 e. The monoisotopic (exact) mass is 875 g/mol. The number of nitrogens with one attached hydrogen (secondary N) is 2. The minimum Gasteiger partial charge on any atom is -0.386 e. The Hall–Kier alpha value is -2.63. The predicted octanol–water partition coefficient (Wildman–Crippen LogP) is 1.05. The van der Waals surface area contributed by atoms with E-state index >= 15 is 0 Å². The molecule has 1 aliphatic rings. The van der Waals surface area contributed by atoms with E-state index in [-0.39, 0.29) is 35.9 Å². The number of hydrogen-bond donors (Lipinski definition) is 9. The van der Waals surface area contributed by atoms with E-state index in [0.717, 1.165) is 35.8 Å². The van der Waals surface area contributed by atoms with Crippen LogP contribution in [0.1, 0.15) is 46.3 Å². The summed E-state index contributed by atoms with van der Waals surface area (Å²) in [7, 11) is -16.3. The molecule has 10 N–H and O–H groups in total. The van der Waals surface area contributed by atoms with Crippen molar-refractivity contribution >= 4 is 64.0 Å². The highest BCUT2D eigenvalue weighted by molar-refractivity contribution is 7.99. The molecule has 3 rings (SSSR count). The fourth-order valence-electron chi connectivity index (χ4n) is 4.86. The maximum atomic E-state index is 12.7. The van der Waals surface area contributed by atoms with Gasteiger partial charge in [-0.3, -0.25) is 27.7 Å². The molecule has 2 amide bonds. The fourth-order valence-corrected chi connectivity index (χ4v) is 8.37. The summed E-state index contributed by atoms with van der Waals surface area (Å²) in [4.78, 5) is 75.6. The van der Waals surface area contributed by atoms with Crippen LogP contribution < -0.4 is 16.4 Å². The molecule has 316 valence electrons. The number of carbonyl (C=O) groups is 2. The normalized spacial score (nSPS) is 22.0. The Kier molecular flexibility index (Phi) is 18.2. The Morgan fingerprint density at radius 3 is 2.45 bits per heavy atom. The number of amides is 2. The smallest absolute Gasteiger partial charge is 0.386 e. The molecule has 2 aromatic heterocycles. The first-order chi connectivity index (χ1) is 26.2. The van der Waals surface area contributed by atoms with E-state index in [2.05, 4.69) is 59.6 Å². The lowest BCUT2D eigenvalue weighted by atomic mass is 9.87. The number of thioether (sulfide) groups is 1. The number of aromatic nitrogens is 4. The van der Waals surface area contributed by atoms with Gasteiger partial charge in [-0.25, -0.2) is 28.6 Å².